The Morgan fingerprint density at radius 1 is 0.824 bits per heavy atom. The topological polar surface area (TPSA) is 76.2 Å². The molecule has 0 aromatic heterocycles. The van der Waals surface area contributed by atoms with E-state index in [1.807, 2.05) is 60.7 Å². The van der Waals surface area contributed by atoms with Crippen LogP contribution in [0.4, 0.5) is 0 Å². The molecular weight excluding hydrogens is 452 g/mol. The number of hydrogen-bond acceptors (Lipinski definition) is 5. The Kier molecular flexibility index (Phi) is 8.67. The number of benzene rings is 3. The van der Waals surface area contributed by atoms with Crippen LogP contribution in [0.25, 0.3) is 0 Å². The molecule has 34 heavy (non-hydrogen) atoms. The van der Waals surface area contributed by atoms with Crippen LogP contribution < -0.4 is 9.47 Å². The molecule has 3 aromatic rings. The summed E-state index contributed by atoms with van der Waals surface area (Å²) in [6.45, 7) is 0.279. The van der Waals surface area contributed by atoms with Gasteiger partial charge in [-0.05, 0) is 29.7 Å². The van der Waals surface area contributed by atoms with Gasteiger partial charge in [0.25, 0.3) is 0 Å². The van der Waals surface area contributed by atoms with Crippen LogP contribution in [-0.4, -0.2) is 57.9 Å². The van der Waals surface area contributed by atoms with E-state index in [-0.39, 0.29) is 23.9 Å². The number of hydrogen-bond donors (Lipinski definition) is 0. The van der Waals surface area contributed by atoms with Gasteiger partial charge in [0, 0.05) is 26.2 Å². The van der Waals surface area contributed by atoms with Crippen LogP contribution in [0.15, 0.2) is 83.8 Å². The highest BCUT2D eigenvalue weighted by Gasteiger charge is 2.28. The van der Waals surface area contributed by atoms with Gasteiger partial charge < -0.3 is 14.4 Å². The van der Waals surface area contributed by atoms with Crippen molar-refractivity contribution in [2.24, 2.45) is 0 Å². The third-order valence-corrected chi connectivity index (χ3v) is 7.33. The second-order valence-electron chi connectivity index (χ2n) is 7.83. The Labute approximate surface area is 201 Å². The predicted molar refractivity (Wildman–Crippen MR) is 131 cm³/mol. The molecule has 0 radical (unpaired) electrons. The maximum absolute atomic E-state index is 13.6. The molecule has 0 aliphatic carbocycles. The Morgan fingerprint density at radius 3 is 2.00 bits per heavy atom. The predicted octanol–water partition coefficient (Wildman–Crippen LogP) is 3.60. The molecule has 0 heterocycles. The van der Waals surface area contributed by atoms with E-state index >= 15 is 0 Å². The van der Waals surface area contributed by atoms with E-state index in [9.17, 15) is 13.2 Å². The number of sulfonamides is 1. The van der Waals surface area contributed by atoms with Gasteiger partial charge in [0.15, 0.2) is 11.5 Å². The molecule has 3 aromatic carbocycles. The zero-order chi connectivity index (χ0) is 24.6. The highest BCUT2D eigenvalue weighted by atomic mass is 32.2. The van der Waals surface area contributed by atoms with Gasteiger partial charge >= 0.3 is 0 Å². The van der Waals surface area contributed by atoms with Crippen molar-refractivity contribution in [2.75, 3.05) is 34.4 Å². The number of carbonyl (C=O) groups is 1. The van der Waals surface area contributed by atoms with E-state index in [2.05, 4.69) is 0 Å². The zero-order valence-electron chi connectivity index (χ0n) is 19.7. The van der Waals surface area contributed by atoms with Crippen LogP contribution in [0.1, 0.15) is 11.1 Å². The summed E-state index contributed by atoms with van der Waals surface area (Å²) < 4.78 is 38.9. The first-order valence-electron chi connectivity index (χ1n) is 10.9. The number of likely N-dealkylation sites (N-methyl/N-ethyl adjacent to an activating group) is 1. The molecule has 0 spiro atoms. The van der Waals surface area contributed by atoms with Crippen molar-refractivity contribution in [3.63, 3.8) is 0 Å². The summed E-state index contributed by atoms with van der Waals surface area (Å²) in [5.74, 6) is 0.441. The normalized spacial score (nSPS) is 11.3. The first kappa shape index (κ1) is 25.3. The molecule has 1 amide bonds. The molecule has 0 saturated carbocycles. The van der Waals surface area contributed by atoms with Gasteiger partial charge in [-0.1, -0.05) is 60.7 Å². The van der Waals surface area contributed by atoms with Crippen molar-refractivity contribution in [3.05, 3.63) is 90.0 Å². The van der Waals surface area contributed by atoms with E-state index in [4.69, 9.17) is 9.47 Å². The fraction of sp³-hybridized carbons (Fsp3) is 0.269. The van der Waals surface area contributed by atoms with Crippen LogP contribution >= 0.6 is 0 Å². The first-order chi connectivity index (χ1) is 16.3. The van der Waals surface area contributed by atoms with Crippen LogP contribution in [0.5, 0.6) is 11.5 Å². The molecule has 0 N–H and O–H groups in total. The maximum Gasteiger partial charge on any atom is 0.243 e. The number of amides is 1. The molecule has 0 unspecified atom stereocenters. The Morgan fingerprint density at radius 2 is 1.41 bits per heavy atom. The van der Waals surface area contributed by atoms with Crippen molar-refractivity contribution < 1.29 is 22.7 Å². The first-order valence-corrected chi connectivity index (χ1v) is 12.3. The van der Waals surface area contributed by atoms with Gasteiger partial charge in [0.2, 0.25) is 15.9 Å². The molecule has 0 bridgehead atoms. The number of rotatable bonds is 11. The minimum absolute atomic E-state index is 0.0386. The van der Waals surface area contributed by atoms with Gasteiger partial charge in [0.05, 0.1) is 25.7 Å². The molecule has 180 valence electrons. The average Bonchev–Trinajstić information content (AvgIpc) is 2.86. The lowest BCUT2D eigenvalue weighted by molar-refractivity contribution is -0.130. The summed E-state index contributed by atoms with van der Waals surface area (Å²) in [7, 11) is 0.628. The van der Waals surface area contributed by atoms with Gasteiger partial charge in [-0.15, -0.1) is 0 Å². The quantitative estimate of drug-likeness (QED) is 0.417. The van der Waals surface area contributed by atoms with E-state index in [1.165, 1.54) is 35.6 Å². The standard InChI is InChI=1S/C26H30N2O5S/c1-27(19-22-12-8-5-9-13-22)26(29)20-28(17-16-21-10-6-4-7-11-21)34(30,31)23-14-15-24(32-2)25(18-23)33-3/h4-15,18H,16-17,19-20H2,1-3H3. The second kappa shape index (κ2) is 11.7. The fourth-order valence-corrected chi connectivity index (χ4v) is 4.93. The van der Waals surface area contributed by atoms with Crippen LogP contribution in [0.2, 0.25) is 0 Å². The molecule has 3 rings (SSSR count). The van der Waals surface area contributed by atoms with Crippen LogP contribution in [0.3, 0.4) is 0 Å². The highest BCUT2D eigenvalue weighted by Crippen LogP contribution is 2.30. The summed E-state index contributed by atoms with van der Waals surface area (Å²) in [5.41, 5.74) is 1.96. The zero-order valence-corrected chi connectivity index (χ0v) is 20.5. The Balaban J connectivity index is 1.85. The summed E-state index contributed by atoms with van der Waals surface area (Å²) in [6, 6.07) is 23.6. The van der Waals surface area contributed by atoms with Crippen molar-refractivity contribution in [1.29, 1.82) is 0 Å². The Hall–Kier alpha value is -3.36. The number of nitrogens with zero attached hydrogens (tertiary/aromatic N) is 2. The highest BCUT2D eigenvalue weighted by molar-refractivity contribution is 7.89. The van der Waals surface area contributed by atoms with Crippen LogP contribution in [-0.2, 0) is 27.8 Å². The van der Waals surface area contributed by atoms with E-state index in [0.29, 0.717) is 24.5 Å². The lowest BCUT2D eigenvalue weighted by Crippen LogP contribution is -2.42. The van der Waals surface area contributed by atoms with Crippen LogP contribution in [0, 0.1) is 0 Å². The second-order valence-corrected chi connectivity index (χ2v) is 9.76. The summed E-state index contributed by atoms with van der Waals surface area (Å²) in [4.78, 5) is 14.6. The SMILES string of the molecule is COc1ccc(S(=O)(=O)N(CCc2ccccc2)CC(=O)N(C)Cc2ccccc2)cc1OC. The minimum atomic E-state index is -3.98. The number of carbonyl (C=O) groups excluding carboxylic acids is 1. The molecular formula is C26H30N2O5S. The van der Waals surface area contributed by atoms with E-state index in [1.54, 1.807) is 13.1 Å². The molecule has 0 aliphatic rings. The molecule has 0 saturated heterocycles. The fourth-order valence-electron chi connectivity index (χ4n) is 3.53. The molecule has 0 aliphatic heterocycles. The maximum atomic E-state index is 13.6. The summed E-state index contributed by atoms with van der Waals surface area (Å²) in [6.07, 6.45) is 0.475. The lowest BCUT2D eigenvalue weighted by atomic mass is 10.1. The lowest BCUT2D eigenvalue weighted by Gasteiger charge is -2.25. The third-order valence-electron chi connectivity index (χ3n) is 5.49. The molecule has 7 nitrogen and oxygen atoms in total. The van der Waals surface area contributed by atoms with Crippen molar-refractivity contribution in [3.8, 4) is 11.5 Å². The monoisotopic (exact) mass is 482 g/mol. The van der Waals surface area contributed by atoms with Gasteiger partial charge in [-0.25, -0.2) is 8.42 Å². The Bertz CT molecular complexity index is 1180. The summed E-state index contributed by atoms with van der Waals surface area (Å²) in [5, 5.41) is 0. The van der Waals surface area contributed by atoms with Gasteiger partial charge in [-0.2, -0.15) is 4.31 Å². The minimum Gasteiger partial charge on any atom is -0.493 e. The van der Waals surface area contributed by atoms with E-state index in [0.717, 1.165) is 11.1 Å². The van der Waals surface area contributed by atoms with Crippen molar-refractivity contribution in [1.82, 2.24) is 9.21 Å². The van der Waals surface area contributed by atoms with Gasteiger partial charge in [-0.3, -0.25) is 4.79 Å². The summed E-state index contributed by atoms with van der Waals surface area (Å²) >= 11 is 0. The van der Waals surface area contributed by atoms with E-state index < -0.39 is 10.0 Å². The molecule has 8 heteroatoms. The molecule has 0 fully saturated rings. The third kappa shape index (κ3) is 6.36. The van der Waals surface area contributed by atoms with Crippen molar-refractivity contribution in [2.45, 2.75) is 17.9 Å². The van der Waals surface area contributed by atoms with Gasteiger partial charge in [0.1, 0.15) is 0 Å². The number of methoxy groups -OCH3 is 2. The molecule has 0 atom stereocenters. The smallest absolute Gasteiger partial charge is 0.243 e. The number of ether oxygens (including phenoxy) is 2. The average molecular weight is 483 g/mol. The van der Waals surface area contributed by atoms with Crippen molar-refractivity contribution >= 4 is 15.9 Å². The largest absolute Gasteiger partial charge is 0.493 e.